The topological polar surface area (TPSA) is 43.9 Å². The Morgan fingerprint density at radius 3 is 2.25 bits per heavy atom. The molecule has 5 nitrogen and oxygen atoms in total. The highest BCUT2D eigenvalue weighted by atomic mass is 19.1. The number of hydrogen-bond donors (Lipinski definition) is 0. The van der Waals surface area contributed by atoms with Crippen LogP contribution in [0.25, 0.3) is 0 Å². The Kier molecular flexibility index (Phi) is 6.29. The molecular weight excluding hydrogens is 357 g/mol. The lowest BCUT2D eigenvalue weighted by Crippen LogP contribution is -2.51. The Morgan fingerprint density at radius 2 is 1.64 bits per heavy atom. The summed E-state index contributed by atoms with van der Waals surface area (Å²) in [6.07, 6.45) is 0. The van der Waals surface area contributed by atoms with E-state index in [2.05, 4.69) is 4.90 Å². The number of benzene rings is 2. The van der Waals surface area contributed by atoms with Crippen molar-refractivity contribution in [2.24, 2.45) is 0 Å². The van der Waals surface area contributed by atoms with Crippen LogP contribution in [0.15, 0.2) is 48.5 Å². The van der Waals surface area contributed by atoms with Crippen LogP contribution in [0.3, 0.4) is 0 Å². The van der Waals surface area contributed by atoms with Crippen molar-refractivity contribution in [3.8, 4) is 0 Å². The number of nitrogens with zero attached hydrogens (tertiary/aromatic N) is 3. The fourth-order valence-corrected chi connectivity index (χ4v) is 3.40. The molecule has 2 amide bonds. The maximum Gasteiger partial charge on any atom is 0.242 e. The van der Waals surface area contributed by atoms with Gasteiger partial charge in [-0.05, 0) is 42.3 Å². The first-order valence-corrected chi connectivity index (χ1v) is 9.52. The van der Waals surface area contributed by atoms with Crippen LogP contribution >= 0.6 is 0 Å². The second-order valence-electron chi connectivity index (χ2n) is 7.15. The first-order valence-electron chi connectivity index (χ1n) is 9.52. The average Bonchev–Trinajstić information content (AvgIpc) is 2.69. The standard InChI is InChI=1S/C22H26FN3O2/c1-17-5-3-4-6-19(17)15-26(18(2)27)16-22(28)25-13-11-24(12-14-25)21-9-7-20(23)8-10-21/h3-10H,11-16H2,1-2H3. The largest absolute Gasteiger partial charge is 0.368 e. The summed E-state index contributed by atoms with van der Waals surface area (Å²) in [4.78, 5) is 30.3. The summed E-state index contributed by atoms with van der Waals surface area (Å²) < 4.78 is 13.1. The van der Waals surface area contributed by atoms with E-state index in [1.807, 2.05) is 31.2 Å². The van der Waals surface area contributed by atoms with Gasteiger partial charge >= 0.3 is 0 Å². The fraction of sp³-hybridized carbons (Fsp3) is 0.364. The first-order chi connectivity index (χ1) is 13.4. The van der Waals surface area contributed by atoms with Gasteiger partial charge < -0.3 is 14.7 Å². The van der Waals surface area contributed by atoms with E-state index in [9.17, 15) is 14.0 Å². The Balaban J connectivity index is 1.57. The Bertz CT molecular complexity index is 830. The number of aryl methyl sites for hydroxylation is 1. The number of amides is 2. The van der Waals surface area contributed by atoms with Gasteiger partial charge in [0.1, 0.15) is 12.4 Å². The van der Waals surface area contributed by atoms with Crippen LogP contribution in [0.5, 0.6) is 0 Å². The molecule has 3 rings (SSSR count). The molecular formula is C22H26FN3O2. The van der Waals surface area contributed by atoms with E-state index in [0.717, 1.165) is 16.8 Å². The van der Waals surface area contributed by atoms with Gasteiger partial charge in [-0.3, -0.25) is 9.59 Å². The van der Waals surface area contributed by atoms with Crippen LogP contribution in [0.1, 0.15) is 18.1 Å². The predicted octanol–water partition coefficient (Wildman–Crippen LogP) is 2.83. The monoisotopic (exact) mass is 383 g/mol. The zero-order valence-corrected chi connectivity index (χ0v) is 16.4. The summed E-state index contributed by atoms with van der Waals surface area (Å²) in [6.45, 7) is 6.58. The zero-order chi connectivity index (χ0) is 20.1. The molecule has 0 bridgehead atoms. The lowest BCUT2D eigenvalue weighted by atomic mass is 10.1. The van der Waals surface area contributed by atoms with Gasteiger partial charge in [0.2, 0.25) is 11.8 Å². The van der Waals surface area contributed by atoms with Crippen LogP contribution in [-0.4, -0.2) is 54.3 Å². The normalized spacial score (nSPS) is 14.1. The van der Waals surface area contributed by atoms with E-state index < -0.39 is 0 Å². The molecule has 1 heterocycles. The molecule has 0 spiro atoms. The molecule has 1 aliphatic rings. The minimum atomic E-state index is -0.254. The highest BCUT2D eigenvalue weighted by Crippen LogP contribution is 2.17. The molecule has 0 aliphatic carbocycles. The highest BCUT2D eigenvalue weighted by molar-refractivity contribution is 5.84. The van der Waals surface area contributed by atoms with Gasteiger partial charge in [0.25, 0.3) is 0 Å². The van der Waals surface area contributed by atoms with E-state index in [0.29, 0.717) is 32.7 Å². The lowest BCUT2D eigenvalue weighted by molar-refractivity contribution is -0.140. The number of hydrogen-bond acceptors (Lipinski definition) is 3. The summed E-state index contributed by atoms with van der Waals surface area (Å²) in [5.74, 6) is -0.403. The average molecular weight is 383 g/mol. The molecule has 1 saturated heterocycles. The third-order valence-electron chi connectivity index (χ3n) is 5.22. The van der Waals surface area contributed by atoms with Gasteiger partial charge in [0.15, 0.2) is 0 Å². The molecule has 2 aromatic rings. The van der Waals surface area contributed by atoms with E-state index in [4.69, 9.17) is 0 Å². The molecule has 148 valence electrons. The molecule has 0 radical (unpaired) electrons. The van der Waals surface area contributed by atoms with E-state index in [1.54, 1.807) is 21.9 Å². The predicted molar refractivity (Wildman–Crippen MR) is 107 cm³/mol. The van der Waals surface area contributed by atoms with Crippen LogP contribution in [0.4, 0.5) is 10.1 Å². The molecule has 0 atom stereocenters. The number of anilines is 1. The second-order valence-corrected chi connectivity index (χ2v) is 7.15. The van der Waals surface area contributed by atoms with E-state index in [1.165, 1.54) is 19.1 Å². The van der Waals surface area contributed by atoms with Crippen LogP contribution < -0.4 is 4.90 Å². The summed E-state index contributed by atoms with van der Waals surface area (Å²) in [7, 11) is 0. The minimum absolute atomic E-state index is 0.0393. The van der Waals surface area contributed by atoms with Crippen molar-refractivity contribution in [3.63, 3.8) is 0 Å². The molecule has 1 fully saturated rings. The van der Waals surface area contributed by atoms with Crippen molar-refractivity contribution in [2.75, 3.05) is 37.6 Å². The smallest absolute Gasteiger partial charge is 0.242 e. The Labute approximate surface area is 165 Å². The van der Waals surface area contributed by atoms with Gasteiger partial charge in [-0.15, -0.1) is 0 Å². The minimum Gasteiger partial charge on any atom is -0.368 e. The Hall–Kier alpha value is -2.89. The summed E-state index contributed by atoms with van der Waals surface area (Å²) in [6, 6.07) is 14.3. The zero-order valence-electron chi connectivity index (χ0n) is 16.4. The maximum absolute atomic E-state index is 13.1. The molecule has 2 aromatic carbocycles. The van der Waals surface area contributed by atoms with Gasteiger partial charge in [-0.25, -0.2) is 4.39 Å². The molecule has 0 N–H and O–H groups in total. The van der Waals surface area contributed by atoms with Gasteiger partial charge in [-0.1, -0.05) is 24.3 Å². The number of carbonyl (C=O) groups excluding carboxylic acids is 2. The summed E-state index contributed by atoms with van der Waals surface area (Å²) in [5.41, 5.74) is 3.11. The summed E-state index contributed by atoms with van der Waals surface area (Å²) >= 11 is 0. The van der Waals surface area contributed by atoms with E-state index in [-0.39, 0.29) is 24.2 Å². The quantitative estimate of drug-likeness (QED) is 0.798. The molecule has 0 saturated carbocycles. The number of rotatable bonds is 5. The Morgan fingerprint density at radius 1 is 1.00 bits per heavy atom. The highest BCUT2D eigenvalue weighted by Gasteiger charge is 2.24. The number of carbonyl (C=O) groups is 2. The third-order valence-corrected chi connectivity index (χ3v) is 5.22. The van der Waals surface area contributed by atoms with Crippen molar-refractivity contribution in [1.29, 1.82) is 0 Å². The second kappa shape index (κ2) is 8.87. The number of halogens is 1. The van der Waals surface area contributed by atoms with Gasteiger partial charge in [0, 0.05) is 45.3 Å². The van der Waals surface area contributed by atoms with Crippen molar-refractivity contribution in [1.82, 2.24) is 9.80 Å². The van der Waals surface area contributed by atoms with Gasteiger partial charge in [-0.2, -0.15) is 0 Å². The summed E-state index contributed by atoms with van der Waals surface area (Å²) in [5, 5.41) is 0. The van der Waals surface area contributed by atoms with Crippen molar-refractivity contribution in [2.45, 2.75) is 20.4 Å². The maximum atomic E-state index is 13.1. The number of piperazine rings is 1. The third kappa shape index (κ3) is 4.88. The molecule has 1 aliphatic heterocycles. The van der Waals surface area contributed by atoms with Crippen LogP contribution in [0, 0.1) is 12.7 Å². The van der Waals surface area contributed by atoms with Gasteiger partial charge in [0.05, 0.1) is 0 Å². The van der Waals surface area contributed by atoms with Crippen molar-refractivity contribution < 1.29 is 14.0 Å². The van der Waals surface area contributed by atoms with E-state index >= 15 is 0 Å². The first kappa shape index (κ1) is 19.9. The van der Waals surface area contributed by atoms with Crippen molar-refractivity contribution in [3.05, 3.63) is 65.5 Å². The molecule has 6 heteroatoms. The molecule has 28 heavy (non-hydrogen) atoms. The molecule has 0 unspecified atom stereocenters. The molecule has 0 aromatic heterocycles. The van der Waals surface area contributed by atoms with Crippen LogP contribution in [-0.2, 0) is 16.1 Å². The SMILES string of the molecule is CC(=O)N(CC(=O)N1CCN(c2ccc(F)cc2)CC1)Cc1ccccc1C. The van der Waals surface area contributed by atoms with Crippen LogP contribution in [0.2, 0.25) is 0 Å². The fourth-order valence-electron chi connectivity index (χ4n) is 3.40. The van der Waals surface area contributed by atoms with Crippen molar-refractivity contribution >= 4 is 17.5 Å². The lowest BCUT2D eigenvalue weighted by Gasteiger charge is -2.37.